The number of aromatic nitrogens is 2. The van der Waals surface area contributed by atoms with Crippen LogP contribution in [0.1, 0.15) is 39.3 Å². The lowest BCUT2D eigenvalue weighted by Gasteiger charge is -2.13. The van der Waals surface area contributed by atoms with Gasteiger partial charge in [-0.25, -0.2) is 0 Å². The number of amides is 1. The molecule has 1 unspecified atom stereocenters. The SMILES string of the molecule is CCNCC(C)C(=O)Nc1cn(C)nc1C(C)C. The van der Waals surface area contributed by atoms with E-state index in [2.05, 4.69) is 29.6 Å². The molecule has 2 N–H and O–H groups in total. The van der Waals surface area contributed by atoms with Crippen LogP contribution in [0.3, 0.4) is 0 Å². The van der Waals surface area contributed by atoms with Crippen LogP contribution in [0.15, 0.2) is 6.20 Å². The van der Waals surface area contributed by atoms with Crippen molar-refractivity contribution in [3.63, 3.8) is 0 Å². The molecule has 18 heavy (non-hydrogen) atoms. The van der Waals surface area contributed by atoms with Crippen molar-refractivity contribution < 1.29 is 4.79 Å². The third-order valence-corrected chi connectivity index (χ3v) is 2.81. The van der Waals surface area contributed by atoms with Crippen LogP contribution in [0, 0.1) is 5.92 Å². The number of carbonyl (C=O) groups excluding carboxylic acids is 1. The van der Waals surface area contributed by atoms with Gasteiger partial charge in [0.1, 0.15) is 0 Å². The van der Waals surface area contributed by atoms with Crippen molar-refractivity contribution in [1.29, 1.82) is 0 Å². The normalized spacial score (nSPS) is 12.8. The third-order valence-electron chi connectivity index (χ3n) is 2.81. The van der Waals surface area contributed by atoms with Gasteiger partial charge in [0.15, 0.2) is 0 Å². The van der Waals surface area contributed by atoms with E-state index in [9.17, 15) is 4.79 Å². The van der Waals surface area contributed by atoms with Crippen LogP contribution in [0.2, 0.25) is 0 Å². The Morgan fingerprint density at radius 2 is 2.11 bits per heavy atom. The van der Waals surface area contributed by atoms with Crippen molar-refractivity contribution in [2.45, 2.75) is 33.6 Å². The maximum absolute atomic E-state index is 12.0. The number of anilines is 1. The van der Waals surface area contributed by atoms with Gasteiger partial charge in [-0.3, -0.25) is 9.48 Å². The molecule has 5 nitrogen and oxygen atoms in total. The molecule has 1 atom stereocenters. The molecule has 0 fully saturated rings. The largest absolute Gasteiger partial charge is 0.323 e. The van der Waals surface area contributed by atoms with E-state index >= 15 is 0 Å². The number of rotatable bonds is 6. The van der Waals surface area contributed by atoms with Crippen LogP contribution >= 0.6 is 0 Å². The minimum Gasteiger partial charge on any atom is -0.323 e. The molecule has 1 aromatic rings. The van der Waals surface area contributed by atoms with E-state index in [4.69, 9.17) is 0 Å². The molecule has 1 rings (SSSR count). The minimum absolute atomic E-state index is 0.0332. The molecule has 0 aliphatic carbocycles. The Balaban J connectivity index is 2.69. The van der Waals surface area contributed by atoms with E-state index in [1.165, 1.54) is 0 Å². The molecule has 5 heteroatoms. The first kappa shape index (κ1) is 14.7. The molecule has 1 amide bonds. The Kier molecular flexibility index (Phi) is 5.34. The summed E-state index contributed by atoms with van der Waals surface area (Å²) in [6.07, 6.45) is 1.85. The van der Waals surface area contributed by atoms with Gasteiger partial charge in [-0.1, -0.05) is 27.7 Å². The quantitative estimate of drug-likeness (QED) is 0.810. The van der Waals surface area contributed by atoms with Gasteiger partial charge in [0.05, 0.1) is 11.4 Å². The zero-order valence-corrected chi connectivity index (χ0v) is 11.9. The molecular formula is C13H24N4O. The summed E-state index contributed by atoms with van der Waals surface area (Å²) in [5.74, 6) is 0.279. The highest BCUT2D eigenvalue weighted by atomic mass is 16.1. The van der Waals surface area contributed by atoms with Crippen molar-refractivity contribution >= 4 is 11.6 Å². The molecule has 0 spiro atoms. The van der Waals surface area contributed by atoms with Crippen LogP contribution in [0.5, 0.6) is 0 Å². The predicted molar refractivity (Wildman–Crippen MR) is 73.6 cm³/mol. The van der Waals surface area contributed by atoms with E-state index in [1.807, 2.05) is 27.1 Å². The number of carbonyl (C=O) groups is 1. The maximum Gasteiger partial charge on any atom is 0.228 e. The van der Waals surface area contributed by atoms with Crippen molar-refractivity contribution in [2.75, 3.05) is 18.4 Å². The standard InChI is InChI=1S/C13H24N4O/c1-6-14-7-10(4)13(18)15-11-8-17(5)16-12(11)9(2)3/h8-10,14H,6-7H2,1-5H3,(H,15,18). The lowest BCUT2D eigenvalue weighted by atomic mass is 10.1. The lowest BCUT2D eigenvalue weighted by Crippen LogP contribution is -2.30. The molecule has 0 radical (unpaired) electrons. The van der Waals surface area contributed by atoms with Gasteiger partial charge < -0.3 is 10.6 Å². The van der Waals surface area contributed by atoms with E-state index in [0.29, 0.717) is 12.5 Å². The summed E-state index contributed by atoms with van der Waals surface area (Å²) in [6, 6.07) is 0. The highest BCUT2D eigenvalue weighted by Crippen LogP contribution is 2.22. The Bertz CT molecular complexity index is 398. The first-order chi connectivity index (χ1) is 8.45. The van der Waals surface area contributed by atoms with Crippen LogP contribution in [0.25, 0.3) is 0 Å². The van der Waals surface area contributed by atoms with Crippen molar-refractivity contribution in [3.05, 3.63) is 11.9 Å². The molecule has 0 aromatic carbocycles. The number of aryl methyl sites for hydroxylation is 1. The van der Waals surface area contributed by atoms with Crippen molar-refractivity contribution in [3.8, 4) is 0 Å². The lowest BCUT2D eigenvalue weighted by molar-refractivity contribution is -0.119. The molecule has 102 valence electrons. The second kappa shape index (κ2) is 6.54. The second-order valence-electron chi connectivity index (χ2n) is 4.95. The number of hydrogen-bond donors (Lipinski definition) is 2. The fourth-order valence-corrected chi connectivity index (χ4v) is 1.74. The van der Waals surface area contributed by atoms with E-state index in [1.54, 1.807) is 4.68 Å². The molecule has 0 saturated carbocycles. The van der Waals surface area contributed by atoms with Crippen molar-refractivity contribution in [1.82, 2.24) is 15.1 Å². The summed E-state index contributed by atoms with van der Waals surface area (Å²) in [7, 11) is 1.86. The Morgan fingerprint density at radius 3 is 2.67 bits per heavy atom. The van der Waals surface area contributed by atoms with Crippen LogP contribution in [0.4, 0.5) is 5.69 Å². The van der Waals surface area contributed by atoms with Gasteiger partial charge in [0.2, 0.25) is 5.91 Å². The second-order valence-corrected chi connectivity index (χ2v) is 4.95. The summed E-state index contributed by atoms with van der Waals surface area (Å²) >= 11 is 0. The predicted octanol–water partition coefficient (Wildman–Crippen LogP) is 1.73. The average molecular weight is 252 g/mol. The van der Waals surface area contributed by atoms with Gasteiger partial charge in [-0.15, -0.1) is 0 Å². The zero-order chi connectivity index (χ0) is 13.7. The summed E-state index contributed by atoms with van der Waals surface area (Å²) in [5.41, 5.74) is 1.75. The van der Waals surface area contributed by atoms with Crippen LogP contribution < -0.4 is 10.6 Å². The van der Waals surface area contributed by atoms with Crippen LogP contribution in [-0.2, 0) is 11.8 Å². The molecular weight excluding hydrogens is 228 g/mol. The number of nitrogens with zero attached hydrogens (tertiary/aromatic N) is 2. The Labute approximate surface area is 109 Å². The summed E-state index contributed by atoms with van der Waals surface area (Å²) in [6.45, 7) is 9.66. The van der Waals surface area contributed by atoms with E-state index < -0.39 is 0 Å². The molecule has 0 aliphatic rings. The fourth-order valence-electron chi connectivity index (χ4n) is 1.74. The molecule has 0 aliphatic heterocycles. The molecule has 1 heterocycles. The van der Waals surface area contributed by atoms with Crippen LogP contribution in [-0.4, -0.2) is 28.8 Å². The van der Waals surface area contributed by atoms with Crippen molar-refractivity contribution in [2.24, 2.45) is 13.0 Å². The first-order valence-electron chi connectivity index (χ1n) is 6.50. The third kappa shape index (κ3) is 3.84. The number of hydrogen-bond acceptors (Lipinski definition) is 3. The Morgan fingerprint density at radius 1 is 1.44 bits per heavy atom. The summed E-state index contributed by atoms with van der Waals surface area (Å²) < 4.78 is 1.74. The van der Waals surface area contributed by atoms with E-state index in [0.717, 1.165) is 17.9 Å². The minimum atomic E-state index is -0.0508. The first-order valence-corrected chi connectivity index (χ1v) is 6.50. The highest BCUT2D eigenvalue weighted by Gasteiger charge is 2.17. The maximum atomic E-state index is 12.0. The smallest absolute Gasteiger partial charge is 0.228 e. The van der Waals surface area contributed by atoms with Gasteiger partial charge in [0, 0.05) is 25.7 Å². The topological polar surface area (TPSA) is 59.0 Å². The zero-order valence-electron chi connectivity index (χ0n) is 11.9. The average Bonchev–Trinajstić information content (AvgIpc) is 2.67. The van der Waals surface area contributed by atoms with Gasteiger partial charge in [-0.05, 0) is 12.5 Å². The number of nitrogens with one attached hydrogen (secondary N) is 2. The van der Waals surface area contributed by atoms with Gasteiger partial charge >= 0.3 is 0 Å². The summed E-state index contributed by atoms with van der Waals surface area (Å²) in [5, 5.41) is 10.5. The fraction of sp³-hybridized carbons (Fsp3) is 0.692. The van der Waals surface area contributed by atoms with Gasteiger partial charge in [-0.2, -0.15) is 5.10 Å². The highest BCUT2D eigenvalue weighted by molar-refractivity contribution is 5.92. The molecule has 1 aromatic heterocycles. The Hall–Kier alpha value is -1.36. The summed E-state index contributed by atoms with van der Waals surface area (Å²) in [4.78, 5) is 12.0. The molecule has 0 bridgehead atoms. The van der Waals surface area contributed by atoms with Gasteiger partial charge in [0.25, 0.3) is 0 Å². The van der Waals surface area contributed by atoms with E-state index in [-0.39, 0.29) is 11.8 Å². The monoisotopic (exact) mass is 252 g/mol. The molecule has 0 saturated heterocycles.